The Kier molecular flexibility index (Phi) is 4.09. The molecule has 3 N–H and O–H groups in total. The second-order valence-electron chi connectivity index (χ2n) is 5.40. The molecule has 0 aliphatic rings. The van der Waals surface area contributed by atoms with Gasteiger partial charge in [0.15, 0.2) is 0 Å². The molecule has 114 valence electrons. The molecule has 0 saturated heterocycles. The van der Waals surface area contributed by atoms with Gasteiger partial charge in [0, 0.05) is 21.8 Å². The summed E-state index contributed by atoms with van der Waals surface area (Å²) in [5.41, 5.74) is 2.14. The highest BCUT2D eigenvalue weighted by Gasteiger charge is 2.14. The molecule has 0 fully saturated rings. The summed E-state index contributed by atoms with van der Waals surface area (Å²) in [4.78, 5) is 10.4. The molecule has 0 amide bonds. The lowest BCUT2D eigenvalue weighted by molar-refractivity contribution is -0.656. The number of aliphatic hydroxyl groups is 1. The van der Waals surface area contributed by atoms with Crippen LogP contribution in [0.15, 0.2) is 48.5 Å². The molecule has 0 aliphatic heterocycles. The first-order chi connectivity index (χ1) is 10.7. The van der Waals surface area contributed by atoms with Crippen LogP contribution in [0.4, 0.5) is 0 Å². The lowest BCUT2D eigenvalue weighted by Crippen LogP contribution is -2.89. The summed E-state index contributed by atoms with van der Waals surface area (Å²) < 4.78 is 2.09. The molecule has 5 nitrogen and oxygen atoms in total. The third kappa shape index (κ3) is 2.81. The van der Waals surface area contributed by atoms with Crippen molar-refractivity contribution in [1.29, 1.82) is 0 Å². The minimum absolute atomic E-state index is 0.135. The Morgan fingerprint density at radius 1 is 1.09 bits per heavy atom. The highest BCUT2D eigenvalue weighted by Crippen LogP contribution is 2.28. The zero-order valence-corrected chi connectivity index (χ0v) is 12.1. The number of carboxylic acids is 1. The van der Waals surface area contributed by atoms with Crippen LogP contribution in [0.5, 0.6) is 0 Å². The number of fused-ring (bicyclic) bond motifs is 3. The van der Waals surface area contributed by atoms with Gasteiger partial charge in [-0.25, -0.2) is 0 Å². The van der Waals surface area contributed by atoms with Crippen LogP contribution in [0.25, 0.3) is 21.8 Å². The highest BCUT2D eigenvalue weighted by atomic mass is 16.4. The van der Waals surface area contributed by atoms with E-state index in [2.05, 4.69) is 16.7 Å². The maximum Gasteiger partial charge on any atom is 0.121 e. The molecular formula is C17H18N2O3. The number of hydrogen-bond acceptors (Lipinski definition) is 3. The van der Waals surface area contributed by atoms with E-state index in [4.69, 9.17) is 0 Å². The smallest absolute Gasteiger partial charge is 0.121 e. The van der Waals surface area contributed by atoms with Crippen molar-refractivity contribution in [2.24, 2.45) is 0 Å². The number of aliphatic hydroxyl groups excluding tert-OH is 1. The summed E-state index contributed by atoms with van der Waals surface area (Å²) >= 11 is 0. The Labute approximate surface area is 127 Å². The monoisotopic (exact) mass is 298 g/mol. The molecule has 1 atom stereocenters. The van der Waals surface area contributed by atoms with Gasteiger partial charge >= 0.3 is 0 Å². The van der Waals surface area contributed by atoms with Crippen LogP contribution < -0.4 is 10.4 Å². The van der Waals surface area contributed by atoms with Gasteiger partial charge in [0.25, 0.3) is 0 Å². The van der Waals surface area contributed by atoms with E-state index in [1.54, 1.807) is 5.32 Å². The van der Waals surface area contributed by atoms with E-state index in [1.165, 1.54) is 0 Å². The highest BCUT2D eigenvalue weighted by molar-refractivity contribution is 6.07. The van der Waals surface area contributed by atoms with E-state index in [0.717, 1.165) is 21.8 Å². The standard InChI is InChI=1S/C17H18N2O3/c20-12(9-18-10-17(21)22)11-19-15-7-3-1-5-13(15)14-6-2-4-8-16(14)19/h1-8,12,18,20H,9-11H2,(H,21,22)/t12-/m0/s1. The molecule has 3 aromatic rings. The molecule has 22 heavy (non-hydrogen) atoms. The van der Waals surface area contributed by atoms with Gasteiger partial charge in [-0.05, 0) is 12.1 Å². The second-order valence-corrected chi connectivity index (χ2v) is 5.40. The van der Waals surface area contributed by atoms with Crippen molar-refractivity contribution in [1.82, 2.24) is 4.57 Å². The molecule has 0 spiro atoms. The van der Waals surface area contributed by atoms with Gasteiger partial charge in [0.05, 0.1) is 12.5 Å². The largest absolute Gasteiger partial charge is 0.544 e. The number of para-hydroxylation sites is 2. The fourth-order valence-corrected chi connectivity index (χ4v) is 2.88. The van der Waals surface area contributed by atoms with Crippen LogP contribution in [0.3, 0.4) is 0 Å². The van der Waals surface area contributed by atoms with Gasteiger partial charge in [0.1, 0.15) is 19.2 Å². The Balaban J connectivity index is 1.90. The molecular weight excluding hydrogens is 280 g/mol. The van der Waals surface area contributed by atoms with Crippen molar-refractivity contribution in [3.8, 4) is 0 Å². The first-order valence-electron chi connectivity index (χ1n) is 7.32. The third-order valence-electron chi connectivity index (χ3n) is 3.82. The number of aromatic nitrogens is 1. The van der Waals surface area contributed by atoms with Crippen LogP contribution >= 0.6 is 0 Å². The van der Waals surface area contributed by atoms with Crippen LogP contribution in [-0.4, -0.2) is 34.8 Å². The van der Waals surface area contributed by atoms with Crippen LogP contribution in [-0.2, 0) is 11.3 Å². The van der Waals surface area contributed by atoms with Gasteiger partial charge in [-0.1, -0.05) is 36.4 Å². The maximum absolute atomic E-state index is 10.4. The van der Waals surface area contributed by atoms with Gasteiger partial charge in [-0.3, -0.25) is 0 Å². The topological polar surface area (TPSA) is 81.9 Å². The number of nitrogens with zero attached hydrogens (tertiary/aromatic N) is 1. The Bertz CT molecular complexity index is 757. The number of carboxylic acid groups (broad SMARTS) is 1. The first-order valence-corrected chi connectivity index (χ1v) is 7.32. The summed E-state index contributed by atoms with van der Waals surface area (Å²) in [5, 5.41) is 24.5. The number of nitrogens with two attached hydrogens (primary N) is 1. The first kappa shape index (κ1) is 14.6. The average molecular weight is 298 g/mol. The number of carbonyl (C=O) groups excluding carboxylic acids is 1. The summed E-state index contributed by atoms with van der Waals surface area (Å²) in [6.07, 6.45) is -0.626. The lowest BCUT2D eigenvalue weighted by Gasteiger charge is -2.13. The number of rotatable bonds is 6. The zero-order chi connectivity index (χ0) is 15.5. The Hall–Kier alpha value is -2.37. The Morgan fingerprint density at radius 2 is 1.64 bits per heavy atom. The van der Waals surface area contributed by atoms with Crippen LogP contribution in [0, 0.1) is 0 Å². The van der Waals surface area contributed by atoms with Crippen molar-refractivity contribution < 1.29 is 20.3 Å². The third-order valence-corrected chi connectivity index (χ3v) is 3.82. The summed E-state index contributed by atoms with van der Waals surface area (Å²) in [5.74, 6) is -1.12. The predicted molar refractivity (Wildman–Crippen MR) is 82.1 cm³/mol. The molecule has 0 saturated carbocycles. The van der Waals surface area contributed by atoms with Crippen molar-refractivity contribution in [3.63, 3.8) is 0 Å². The van der Waals surface area contributed by atoms with E-state index in [1.807, 2.05) is 36.4 Å². The van der Waals surface area contributed by atoms with Gasteiger partial charge in [-0.15, -0.1) is 0 Å². The lowest BCUT2D eigenvalue weighted by atomic mass is 10.2. The SMILES string of the molecule is O=C([O-])C[NH2+]C[C@H](O)Cn1c2ccccc2c2ccccc21. The molecule has 0 bridgehead atoms. The van der Waals surface area contributed by atoms with Gasteiger partial charge < -0.3 is 24.9 Å². The van der Waals surface area contributed by atoms with Crippen LogP contribution in [0.2, 0.25) is 0 Å². The predicted octanol–water partition coefficient (Wildman–Crippen LogP) is -0.531. The normalized spacial score (nSPS) is 12.8. The number of quaternary nitrogens is 1. The molecule has 0 radical (unpaired) electrons. The summed E-state index contributed by atoms with van der Waals surface area (Å²) in [6.45, 7) is 0.622. The molecule has 5 heteroatoms. The molecule has 3 rings (SSSR count). The van der Waals surface area contributed by atoms with Gasteiger partial charge in [-0.2, -0.15) is 0 Å². The molecule has 1 aromatic heterocycles. The van der Waals surface area contributed by atoms with E-state index >= 15 is 0 Å². The summed E-state index contributed by atoms with van der Waals surface area (Å²) in [7, 11) is 0. The average Bonchev–Trinajstić information content (AvgIpc) is 2.82. The number of benzene rings is 2. The second kappa shape index (κ2) is 6.17. The quantitative estimate of drug-likeness (QED) is 0.642. The van der Waals surface area contributed by atoms with Crippen molar-refractivity contribution in [3.05, 3.63) is 48.5 Å². The maximum atomic E-state index is 10.4. The number of hydrogen-bond donors (Lipinski definition) is 2. The fourth-order valence-electron chi connectivity index (χ4n) is 2.88. The molecule has 0 unspecified atom stereocenters. The molecule has 1 heterocycles. The Morgan fingerprint density at radius 3 is 2.18 bits per heavy atom. The van der Waals surface area contributed by atoms with E-state index in [0.29, 0.717) is 13.1 Å². The van der Waals surface area contributed by atoms with Crippen molar-refractivity contribution >= 4 is 27.8 Å². The van der Waals surface area contributed by atoms with E-state index in [-0.39, 0.29) is 6.54 Å². The minimum atomic E-state index is -1.12. The van der Waals surface area contributed by atoms with Crippen molar-refractivity contribution in [2.75, 3.05) is 13.1 Å². The molecule has 0 aliphatic carbocycles. The zero-order valence-electron chi connectivity index (χ0n) is 12.1. The van der Waals surface area contributed by atoms with E-state index < -0.39 is 12.1 Å². The fraction of sp³-hybridized carbons (Fsp3) is 0.235. The van der Waals surface area contributed by atoms with Gasteiger partial charge in [0.2, 0.25) is 0 Å². The van der Waals surface area contributed by atoms with Crippen molar-refractivity contribution in [2.45, 2.75) is 12.6 Å². The minimum Gasteiger partial charge on any atom is -0.544 e. The number of aliphatic carboxylic acids is 1. The van der Waals surface area contributed by atoms with E-state index in [9.17, 15) is 15.0 Å². The number of carbonyl (C=O) groups is 1. The molecule has 2 aromatic carbocycles. The van der Waals surface area contributed by atoms with Crippen LogP contribution in [0.1, 0.15) is 0 Å². The summed E-state index contributed by atoms with van der Waals surface area (Å²) in [6, 6.07) is 16.2.